The largest absolute Gasteiger partial charge is 0.494 e. The van der Waals surface area contributed by atoms with Crippen molar-refractivity contribution in [1.82, 2.24) is 16.0 Å². The number of benzene rings is 1. The molecule has 30 heavy (non-hydrogen) atoms. The van der Waals surface area contributed by atoms with Crippen molar-refractivity contribution in [2.45, 2.75) is 63.3 Å². The topological polar surface area (TPSA) is 77.0 Å². The van der Waals surface area contributed by atoms with E-state index in [0.29, 0.717) is 13.2 Å². The van der Waals surface area contributed by atoms with Crippen LogP contribution >= 0.6 is 0 Å². The lowest BCUT2D eigenvalue weighted by molar-refractivity contribution is -0.155. The molecule has 0 aromatic heterocycles. The highest BCUT2D eigenvalue weighted by molar-refractivity contribution is 5.89. The number of ether oxygens (including phenoxy) is 2. The quantitative estimate of drug-likeness (QED) is 0.683. The van der Waals surface area contributed by atoms with Gasteiger partial charge in [0.2, 0.25) is 5.91 Å². The van der Waals surface area contributed by atoms with E-state index in [-0.39, 0.29) is 17.6 Å². The molecule has 0 unspecified atom stereocenters. The summed E-state index contributed by atoms with van der Waals surface area (Å²) in [5, 5.41) is 0. The van der Waals surface area contributed by atoms with Crippen molar-refractivity contribution in [2.75, 3.05) is 46.0 Å². The normalized spacial score (nSPS) is 22.8. The molecule has 1 aromatic carbocycles. The molecule has 168 valence electrons. The van der Waals surface area contributed by atoms with Crippen LogP contribution in [0.15, 0.2) is 24.3 Å². The van der Waals surface area contributed by atoms with Crippen LogP contribution in [0.25, 0.3) is 0 Å². The minimum Gasteiger partial charge on any atom is -0.494 e. The third-order valence-electron chi connectivity index (χ3n) is 7.17. The van der Waals surface area contributed by atoms with E-state index < -0.39 is 5.41 Å². The van der Waals surface area contributed by atoms with Crippen molar-refractivity contribution in [3.63, 3.8) is 0 Å². The molecule has 0 saturated carbocycles. The summed E-state index contributed by atoms with van der Waals surface area (Å²) in [6, 6.07) is 8.28. The maximum absolute atomic E-state index is 13.6. The zero-order valence-electron chi connectivity index (χ0n) is 18.8. The number of carbonyl (C=O) groups is 1. The molecule has 0 aliphatic carbocycles. The number of hydrogen-bond donors (Lipinski definition) is 1. The number of carbonyl (C=O) groups excluding carboxylic acids is 1. The fourth-order valence-corrected chi connectivity index (χ4v) is 5.01. The summed E-state index contributed by atoms with van der Waals surface area (Å²) >= 11 is 0. The smallest absolute Gasteiger partial charge is 0.233 e. The number of amides is 1. The number of hydrogen-bond acceptors (Lipinski definition) is 5. The second kappa shape index (κ2) is 9.67. The van der Waals surface area contributed by atoms with Gasteiger partial charge in [-0.25, -0.2) is 0 Å². The summed E-state index contributed by atoms with van der Waals surface area (Å²) < 4.78 is 11.6. The lowest BCUT2D eigenvalue weighted by Crippen LogP contribution is -2.63. The summed E-state index contributed by atoms with van der Waals surface area (Å²) in [5.74, 6) is 1.17. The van der Waals surface area contributed by atoms with Crippen LogP contribution in [0.2, 0.25) is 0 Å². The van der Waals surface area contributed by atoms with Gasteiger partial charge in [-0.3, -0.25) is 4.79 Å². The molecular formula is C24H39N3O3. The number of nitrogens with zero attached hydrogens (tertiary/aromatic N) is 2. The molecule has 0 radical (unpaired) electrons. The molecule has 3 aliphatic rings. The van der Waals surface area contributed by atoms with Crippen LogP contribution in [0.1, 0.15) is 57.9 Å². The fraction of sp³-hybridized carbons (Fsp3) is 0.708. The molecule has 0 bridgehead atoms. The second-order valence-corrected chi connectivity index (χ2v) is 9.49. The van der Waals surface area contributed by atoms with Crippen LogP contribution in [-0.2, 0) is 14.9 Å². The first-order chi connectivity index (χ1) is 14.0. The molecule has 1 amide bonds. The van der Waals surface area contributed by atoms with Gasteiger partial charge in [0.15, 0.2) is 0 Å². The van der Waals surface area contributed by atoms with Crippen molar-refractivity contribution < 1.29 is 14.3 Å². The van der Waals surface area contributed by atoms with Crippen molar-refractivity contribution in [2.24, 2.45) is 0 Å². The second-order valence-electron chi connectivity index (χ2n) is 9.49. The van der Waals surface area contributed by atoms with Crippen LogP contribution in [0.3, 0.4) is 0 Å². The average Bonchev–Trinajstić information content (AvgIpc) is 3.25. The van der Waals surface area contributed by atoms with Crippen LogP contribution < -0.4 is 10.9 Å². The summed E-state index contributed by atoms with van der Waals surface area (Å²) in [6.07, 6.45) is 6.33. The molecule has 4 rings (SSSR count). The molecule has 3 heterocycles. The van der Waals surface area contributed by atoms with E-state index >= 15 is 0 Å². The molecular weight excluding hydrogens is 378 g/mol. The molecule has 0 spiro atoms. The zero-order chi connectivity index (χ0) is 20.3. The van der Waals surface area contributed by atoms with Gasteiger partial charge in [-0.15, -0.1) is 0 Å². The Morgan fingerprint density at radius 3 is 2.27 bits per heavy atom. The van der Waals surface area contributed by atoms with Gasteiger partial charge in [-0.05, 0) is 83.2 Å². The molecule has 3 fully saturated rings. The van der Waals surface area contributed by atoms with Crippen LogP contribution in [0.5, 0.6) is 5.75 Å². The summed E-state index contributed by atoms with van der Waals surface area (Å²) in [4.78, 5) is 18.2. The average molecular weight is 418 g/mol. The fourth-order valence-electron chi connectivity index (χ4n) is 5.01. The highest BCUT2D eigenvalue weighted by Gasteiger charge is 2.50. The Bertz CT molecular complexity index is 692. The van der Waals surface area contributed by atoms with Gasteiger partial charge in [-0.2, -0.15) is 0 Å². The third-order valence-corrected chi connectivity index (χ3v) is 7.17. The van der Waals surface area contributed by atoms with E-state index in [1.807, 2.05) is 12.1 Å². The monoisotopic (exact) mass is 417 g/mol. The first-order valence-electron chi connectivity index (χ1n) is 11.4. The van der Waals surface area contributed by atoms with E-state index in [1.54, 1.807) is 0 Å². The van der Waals surface area contributed by atoms with Gasteiger partial charge < -0.3 is 25.4 Å². The first kappa shape index (κ1) is 23.0. The Labute approximate surface area is 181 Å². The van der Waals surface area contributed by atoms with Crippen molar-refractivity contribution >= 4 is 5.91 Å². The van der Waals surface area contributed by atoms with Crippen molar-refractivity contribution in [3.8, 4) is 5.75 Å². The van der Waals surface area contributed by atoms with Gasteiger partial charge in [0, 0.05) is 31.8 Å². The Hall–Kier alpha value is -1.63. The van der Waals surface area contributed by atoms with Gasteiger partial charge in [0.25, 0.3) is 0 Å². The van der Waals surface area contributed by atoms with E-state index in [4.69, 9.17) is 9.47 Å². The predicted molar refractivity (Wildman–Crippen MR) is 119 cm³/mol. The minimum atomic E-state index is -0.454. The number of rotatable bonds is 7. The van der Waals surface area contributed by atoms with Gasteiger partial charge in [-0.1, -0.05) is 12.1 Å². The molecule has 1 aromatic rings. The molecule has 6 nitrogen and oxygen atoms in total. The lowest BCUT2D eigenvalue weighted by atomic mass is 9.71. The Kier molecular flexibility index (Phi) is 7.43. The third kappa shape index (κ3) is 4.66. The summed E-state index contributed by atoms with van der Waals surface area (Å²) in [7, 11) is 0. The highest BCUT2D eigenvalue weighted by Crippen LogP contribution is 2.42. The van der Waals surface area contributed by atoms with Crippen LogP contribution in [0.4, 0.5) is 0 Å². The van der Waals surface area contributed by atoms with Crippen molar-refractivity contribution in [3.05, 3.63) is 29.8 Å². The summed E-state index contributed by atoms with van der Waals surface area (Å²) in [6.45, 7) is 10.8. The SMILES string of the molecule is CC1(C)CCN1C(=O)C1(c2ccc(OCCCN3CCCC3)cc2)CCOCC1.N. The van der Waals surface area contributed by atoms with Gasteiger partial charge >= 0.3 is 0 Å². The first-order valence-corrected chi connectivity index (χ1v) is 11.4. The Morgan fingerprint density at radius 1 is 1.03 bits per heavy atom. The maximum Gasteiger partial charge on any atom is 0.233 e. The lowest BCUT2D eigenvalue weighted by Gasteiger charge is -2.53. The predicted octanol–water partition coefficient (Wildman–Crippen LogP) is 3.77. The van der Waals surface area contributed by atoms with Crippen LogP contribution in [0, 0.1) is 0 Å². The molecule has 0 atom stereocenters. The maximum atomic E-state index is 13.6. The van der Waals surface area contributed by atoms with Gasteiger partial charge in [0.1, 0.15) is 5.75 Å². The van der Waals surface area contributed by atoms with E-state index in [2.05, 4.69) is 35.8 Å². The van der Waals surface area contributed by atoms with E-state index in [1.165, 1.54) is 25.9 Å². The molecule has 3 N–H and O–H groups in total. The Balaban J connectivity index is 0.00000256. The number of likely N-dealkylation sites (tertiary alicyclic amines) is 2. The van der Waals surface area contributed by atoms with Crippen molar-refractivity contribution in [1.29, 1.82) is 0 Å². The molecule has 6 heteroatoms. The molecule has 3 aliphatic heterocycles. The standard InChI is InChI=1S/C24H36N2O3.H3N/c1-23(2)10-16-26(23)22(27)24(11-18-28-19-12-24)20-6-8-21(9-7-20)29-17-5-15-25-13-3-4-14-25;/h6-9H,3-5,10-19H2,1-2H3;1H3. The zero-order valence-corrected chi connectivity index (χ0v) is 18.8. The van der Waals surface area contributed by atoms with E-state index in [0.717, 1.165) is 56.7 Å². The Morgan fingerprint density at radius 2 is 1.70 bits per heavy atom. The molecule has 3 saturated heterocycles. The van der Waals surface area contributed by atoms with Gasteiger partial charge in [0.05, 0.1) is 12.0 Å². The minimum absolute atomic E-state index is 0. The van der Waals surface area contributed by atoms with Crippen LogP contribution in [-0.4, -0.2) is 67.2 Å². The summed E-state index contributed by atoms with van der Waals surface area (Å²) in [5.41, 5.74) is 0.628. The van der Waals surface area contributed by atoms with E-state index in [9.17, 15) is 4.79 Å². The highest BCUT2D eigenvalue weighted by atomic mass is 16.5.